The van der Waals surface area contributed by atoms with E-state index >= 15 is 0 Å². The number of thioether (sulfide) groups is 1. The van der Waals surface area contributed by atoms with E-state index in [1.165, 1.54) is 10.5 Å². The van der Waals surface area contributed by atoms with Crippen LogP contribution in [0.4, 0.5) is 0 Å². The Morgan fingerprint density at radius 3 is 2.95 bits per heavy atom. The zero-order chi connectivity index (χ0) is 13.4. The van der Waals surface area contributed by atoms with Crippen LogP contribution in [0.1, 0.15) is 5.56 Å². The van der Waals surface area contributed by atoms with E-state index in [2.05, 4.69) is 24.3 Å². The van der Waals surface area contributed by atoms with Crippen molar-refractivity contribution in [2.24, 2.45) is 0 Å². The molecule has 1 atom stereocenters. The van der Waals surface area contributed by atoms with Crippen molar-refractivity contribution >= 4 is 11.8 Å². The highest BCUT2D eigenvalue weighted by Crippen LogP contribution is 2.38. The highest BCUT2D eigenvalue weighted by molar-refractivity contribution is 8.00. The molecule has 4 rings (SSSR count). The van der Waals surface area contributed by atoms with Crippen molar-refractivity contribution in [1.82, 2.24) is 0 Å². The average Bonchev–Trinajstić information content (AvgIpc) is 3.10. The van der Waals surface area contributed by atoms with E-state index in [9.17, 15) is 0 Å². The Kier molecular flexibility index (Phi) is 2.96. The predicted octanol–water partition coefficient (Wildman–Crippen LogP) is 3.51. The van der Waals surface area contributed by atoms with Gasteiger partial charge in [-0.25, -0.2) is 0 Å². The summed E-state index contributed by atoms with van der Waals surface area (Å²) in [4.78, 5) is 1.38. The zero-order valence-corrected chi connectivity index (χ0v) is 11.7. The number of hydrogen-bond donors (Lipinski definition) is 0. The van der Waals surface area contributed by atoms with Crippen LogP contribution in [0.5, 0.6) is 17.2 Å². The maximum absolute atomic E-state index is 5.89. The fourth-order valence-corrected chi connectivity index (χ4v) is 3.72. The smallest absolute Gasteiger partial charge is 0.231 e. The van der Waals surface area contributed by atoms with Gasteiger partial charge >= 0.3 is 0 Å². The molecule has 0 radical (unpaired) electrons. The SMILES string of the molecule is c1ccc2c(c1)CC(COc1ccc3c(c1)OCO3)S2. The number of benzene rings is 2. The van der Waals surface area contributed by atoms with Gasteiger partial charge in [-0.1, -0.05) is 18.2 Å². The van der Waals surface area contributed by atoms with E-state index in [-0.39, 0.29) is 0 Å². The molecule has 0 N–H and O–H groups in total. The van der Waals surface area contributed by atoms with Crippen molar-refractivity contribution in [3.63, 3.8) is 0 Å². The quantitative estimate of drug-likeness (QED) is 0.863. The van der Waals surface area contributed by atoms with Gasteiger partial charge in [0.25, 0.3) is 0 Å². The molecule has 2 aromatic carbocycles. The second-order valence-corrected chi connectivity index (χ2v) is 6.22. The number of fused-ring (bicyclic) bond motifs is 2. The van der Waals surface area contributed by atoms with Gasteiger partial charge in [0.15, 0.2) is 11.5 Å². The van der Waals surface area contributed by atoms with Gasteiger partial charge in [0.1, 0.15) is 12.4 Å². The maximum Gasteiger partial charge on any atom is 0.231 e. The minimum absolute atomic E-state index is 0.298. The van der Waals surface area contributed by atoms with Gasteiger partial charge in [0.05, 0.1) is 0 Å². The third-order valence-corrected chi connectivity index (χ3v) is 4.78. The van der Waals surface area contributed by atoms with Crippen molar-refractivity contribution in [2.45, 2.75) is 16.6 Å². The minimum atomic E-state index is 0.298. The fraction of sp³-hybridized carbons (Fsp3) is 0.250. The molecule has 0 aliphatic carbocycles. The molecule has 0 amide bonds. The normalized spacial score (nSPS) is 18.9. The molecule has 2 aliphatic heterocycles. The number of rotatable bonds is 3. The summed E-state index contributed by atoms with van der Waals surface area (Å²) in [7, 11) is 0. The lowest BCUT2D eigenvalue weighted by atomic mass is 10.1. The average molecular weight is 286 g/mol. The molecule has 0 fully saturated rings. The second-order valence-electron chi connectivity index (χ2n) is 4.88. The minimum Gasteiger partial charge on any atom is -0.492 e. The molecular formula is C16H14O3S. The Balaban J connectivity index is 1.40. The largest absolute Gasteiger partial charge is 0.492 e. The molecule has 0 aromatic heterocycles. The molecule has 1 unspecified atom stereocenters. The van der Waals surface area contributed by atoms with Gasteiger partial charge in [-0.3, -0.25) is 0 Å². The summed E-state index contributed by atoms with van der Waals surface area (Å²) in [6, 6.07) is 14.3. The summed E-state index contributed by atoms with van der Waals surface area (Å²) < 4.78 is 16.5. The molecule has 2 aliphatic rings. The molecule has 3 nitrogen and oxygen atoms in total. The lowest BCUT2D eigenvalue weighted by Crippen LogP contribution is -2.13. The molecule has 0 saturated heterocycles. The fourth-order valence-electron chi connectivity index (χ4n) is 2.50. The van der Waals surface area contributed by atoms with E-state index in [1.807, 2.05) is 30.0 Å². The topological polar surface area (TPSA) is 27.7 Å². The molecule has 20 heavy (non-hydrogen) atoms. The summed E-state index contributed by atoms with van der Waals surface area (Å²) in [6.45, 7) is 1.01. The first-order chi connectivity index (χ1) is 9.88. The highest BCUT2D eigenvalue weighted by Gasteiger charge is 2.22. The van der Waals surface area contributed by atoms with E-state index in [4.69, 9.17) is 14.2 Å². The van der Waals surface area contributed by atoms with Crippen molar-refractivity contribution in [3.05, 3.63) is 48.0 Å². The van der Waals surface area contributed by atoms with Crippen LogP contribution in [-0.4, -0.2) is 18.6 Å². The molecule has 0 bridgehead atoms. The third kappa shape index (κ3) is 2.20. The predicted molar refractivity (Wildman–Crippen MR) is 77.9 cm³/mol. The van der Waals surface area contributed by atoms with Crippen molar-refractivity contribution < 1.29 is 14.2 Å². The van der Waals surface area contributed by atoms with Crippen LogP contribution in [0.25, 0.3) is 0 Å². The molecule has 4 heteroatoms. The van der Waals surface area contributed by atoms with Crippen LogP contribution < -0.4 is 14.2 Å². The summed E-state index contributed by atoms with van der Waals surface area (Å²) in [5.74, 6) is 2.40. The Hall–Kier alpha value is -1.81. The second kappa shape index (κ2) is 4.94. The van der Waals surface area contributed by atoms with Crippen LogP contribution in [0, 0.1) is 0 Å². The molecule has 0 spiro atoms. The maximum atomic E-state index is 5.89. The van der Waals surface area contributed by atoms with Gasteiger partial charge in [-0.2, -0.15) is 0 Å². The van der Waals surface area contributed by atoms with E-state index in [0.29, 0.717) is 18.6 Å². The zero-order valence-electron chi connectivity index (χ0n) is 10.9. The lowest BCUT2D eigenvalue weighted by molar-refractivity contribution is 0.173. The van der Waals surface area contributed by atoms with Gasteiger partial charge in [0, 0.05) is 16.2 Å². The molecule has 2 heterocycles. The van der Waals surface area contributed by atoms with Gasteiger partial charge in [-0.05, 0) is 30.2 Å². The summed E-state index contributed by atoms with van der Waals surface area (Å²) in [5.41, 5.74) is 1.43. The summed E-state index contributed by atoms with van der Waals surface area (Å²) >= 11 is 1.90. The van der Waals surface area contributed by atoms with Gasteiger partial charge < -0.3 is 14.2 Å². The van der Waals surface area contributed by atoms with Crippen LogP contribution in [0.15, 0.2) is 47.4 Å². The molecule has 102 valence electrons. The molecule has 2 aromatic rings. The van der Waals surface area contributed by atoms with Crippen LogP contribution >= 0.6 is 11.8 Å². The number of ether oxygens (including phenoxy) is 3. The van der Waals surface area contributed by atoms with E-state index < -0.39 is 0 Å². The molecular weight excluding hydrogens is 272 g/mol. The van der Waals surface area contributed by atoms with Crippen LogP contribution in [0.3, 0.4) is 0 Å². The summed E-state index contributed by atoms with van der Waals surface area (Å²) in [6.07, 6.45) is 1.07. The van der Waals surface area contributed by atoms with E-state index in [0.717, 1.165) is 23.7 Å². The van der Waals surface area contributed by atoms with Crippen molar-refractivity contribution in [1.29, 1.82) is 0 Å². The van der Waals surface area contributed by atoms with Gasteiger partial charge in [-0.15, -0.1) is 11.8 Å². The highest BCUT2D eigenvalue weighted by atomic mass is 32.2. The molecule has 0 saturated carbocycles. The Labute approximate surface area is 121 Å². The third-order valence-electron chi connectivity index (χ3n) is 3.49. The standard InChI is InChI=1S/C16H14O3S/c1-2-4-16-11(3-1)7-13(20-16)9-17-12-5-6-14-15(8-12)19-10-18-14/h1-6,8,13H,7,9-10H2. The first kappa shape index (κ1) is 12.0. The Bertz CT molecular complexity index is 616. The number of hydrogen-bond acceptors (Lipinski definition) is 4. The lowest BCUT2D eigenvalue weighted by Gasteiger charge is -2.11. The van der Waals surface area contributed by atoms with Crippen LogP contribution in [-0.2, 0) is 6.42 Å². The Morgan fingerprint density at radius 1 is 1.10 bits per heavy atom. The first-order valence-electron chi connectivity index (χ1n) is 6.65. The summed E-state index contributed by atoms with van der Waals surface area (Å²) in [5, 5.41) is 0.484. The first-order valence-corrected chi connectivity index (χ1v) is 7.53. The monoisotopic (exact) mass is 286 g/mol. The van der Waals surface area contributed by atoms with Crippen LogP contribution in [0.2, 0.25) is 0 Å². The Morgan fingerprint density at radius 2 is 2.00 bits per heavy atom. The van der Waals surface area contributed by atoms with Crippen molar-refractivity contribution in [3.8, 4) is 17.2 Å². The van der Waals surface area contributed by atoms with Crippen molar-refractivity contribution in [2.75, 3.05) is 13.4 Å². The van der Waals surface area contributed by atoms with E-state index in [1.54, 1.807) is 0 Å². The van der Waals surface area contributed by atoms with Gasteiger partial charge in [0.2, 0.25) is 6.79 Å².